The Morgan fingerprint density at radius 1 is 1.32 bits per heavy atom. The molecule has 1 aromatic heterocycles. The molecule has 1 fully saturated rings. The molecule has 4 atom stereocenters. The van der Waals surface area contributed by atoms with E-state index in [-0.39, 0.29) is 17.7 Å². The van der Waals surface area contributed by atoms with Gasteiger partial charge in [-0.05, 0) is 37.7 Å². The molecule has 6 heteroatoms. The van der Waals surface area contributed by atoms with Crippen molar-refractivity contribution in [3.05, 3.63) is 28.2 Å². The van der Waals surface area contributed by atoms with Crippen molar-refractivity contribution in [2.24, 2.45) is 23.7 Å². The minimum absolute atomic E-state index is 0.0150. The number of fused-ring (bicyclic) bond motifs is 2. The molecular weight excluding hydrogens is 300 g/mol. The normalized spacial score (nSPS) is 28.6. The maximum absolute atomic E-state index is 12.6. The van der Waals surface area contributed by atoms with Crippen LogP contribution in [0.1, 0.15) is 22.4 Å². The van der Waals surface area contributed by atoms with Gasteiger partial charge in [-0.25, -0.2) is 0 Å². The van der Waals surface area contributed by atoms with Crippen LogP contribution in [0.5, 0.6) is 0 Å². The average molecular weight is 316 g/mol. The van der Waals surface area contributed by atoms with Crippen molar-refractivity contribution in [1.29, 1.82) is 5.26 Å². The lowest BCUT2D eigenvalue weighted by Crippen LogP contribution is -2.36. The van der Waals surface area contributed by atoms with E-state index >= 15 is 0 Å². The monoisotopic (exact) mass is 316 g/mol. The van der Waals surface area contributed by atoms with Crippen molar-refractivity contribution in [2.75, 3.05) is 5.32 Å². The second-order valence-electron chi connectivity index (χ2n) is 5.93. The van der Waals surface area contributed by atoms with Crippen molar-refractivity contribution in [1.82, 2.24) is 0 Å². The third-order valence-corrected chi connectivity index (χ3v) is 5.90. The van der Waals surface area contributed by atoms with Crippen LogP contribution in [-0.2, 0) is 9.59 Å². The highest BCUT2D eigenvalue weighted by atomic mass is 32.1. The average Bonchev–Trinajstić information content (AvgIpc) is 3.13. The van der Waals surface area contributed by atoms with Gasteiger partial charge < -0.3 is 10.4 Å². The summed E-state index contributed by atoms with van der Waals surface area (Å²) in [5.74, 6) is -2.50. The summed E-state index contributed by atoms with van der Waals surface area (Å²) in [4.78, 5) is 25.1. The number of anilines is 1. The molecule has 114 valence electrons. The minimum atomic E-state index is -0.920. The van der Waals surface area contributed by atoms with Crippen molar-refractivity contribution < 1.29 is 14.7 Å². The van der Waals surface area contributed by atoms with Crippen LogP contribution in [0.25, 0.3) is 0 Å². The van der Waals surface area contributed by atoms with E-state index < -0.39 is 17.8 Å². The molecule has 5 nitrogen and oxygen atoms in total. The Balaban J connectivity index is 1.86. The molecule has 2 N–H and O–H groups in total. The Bertz CT molecular complexity index is 728. The zero-order valence-electron chi connectivity index (χ0n) is 12.3. The van der Waals surface area contributed by atoms with Gasteiger partial charge in [-0.2, -0.15) is 5.26 Å². The van der Waals surface area contributed by atoms with Gasteiger partial charge in [-0.3, -0.25) is 9.59 Å². The third kappa shape index (κ3) is 2.13. The molecule has 0 aromatic carbocycles. The number of aliphatic carboxylic acids is 1. The number of carbonyl (C=O) groups excluding carboxylic acids is 1. The van der Waals surface area contributed by atoms with Gasteiger partial charge >= 0.3 is 5.97 Å². The molecule has 0 aliphatic heterocycles. The van der Waals surface area contributed by atoms with Crippen LogP contribution in [0.2, 0.25) is 0 Å². The van der Waals surface area contributed by atoms with E-state index in [0.717, 1.165) is 16.9 Å². The number of hydrogen-bond donors (Lipinski definition) is 2. The van der Waals surface area contributed by atoms with E-state index in [4.69, 9.17) is 0 Å². The molecule has 0 unspecified atom stereocenters. The molecule has 0 spiro atoms. The summed E-state index contributed by atoms with van der Waals surface area (Å²) in [6.07, 6.45) is 4.58. The second kappa shape index (κ2) is 5.25. The number of thiophene rings is 1. The maximum atomic E-state index is 12.6. The van der Waals surface area contributed by atoms with Crippen LogP contribution in [0.3, 0.4) is 0 Å². The molecule has 22 heavy (non-hydrogen) atoms. The Labute approximate surface area is 132 Å². The number of allylic oxidation sites excluding steroid dienone is 2. The number of carbonyl (C=O) groups is 2. The molecule has 2 aliphatic rings. The molecule has 1 amide bonds. The summed E-state index contributed by atoms with van der Waals surface area (Å²) in [5, 5.41) is 22.0. The smallest absolute Gasteiger partial charge is 0.307 e. The Morgan fingerprint density at radius 3 is 2.55 bits per heavy atom. The number of nitriles is 1. The topological polar surface area (TPSA) is 90.2 Å². The summed E-state index contributed by atoms with van der Waals surface area (Å²) in [5.41, 5.74) is 1.34. The Hall–Kier alpha value is -2.13. The third-order valence-electron chi connectivity index (χ3n) is 4.78. The standard InChI is InChI=1S/C16H16N2O3S/c1-7-8(2)22-15(11(7)6-17)18-14(19)12-9-3-4-10(5-9)13(12)16(20)21/h3-4,9-10,12-13H,5H2,1-2H3,(H,18,19)(H,20,21)/t9-,10+,12-,13+/m1/s1. The van der Waals surface area contributed by atoms with Crippen molar-refractivity contribution >= 4 is 28.2 Å². The first-order valence-corrected chi connectivity index (χ1v) is 7.97. The van der Waals surface area contributed by atoms with Crippen LogP contribution in [0.4, 0.5) is 5.00 Å². The summed E-state index contributed by atoms with van der Waals surface area (Å²) < 4.78 is 0. The molecule has 1 heterocycles. The van der Waals surface area contributed by atoms with E-state index in [2.05, 4.69) is 11.4 Å². The number of amides is 1. The number of nitrogens with zero attached hydrogens (tertiary/aromatic N) is 1. The molecule has 0 saturated heterocycles. The zero-order valence-corrected chi connectivity index (χ0v) is 13.1. The summed E-state index contributed by atoms with van der Waals surface area (Å²) in [6, 6.07) is 2.11. The predicted octanol–water partition coefficient (Wildman–Crippen LogP) is 2.70. The lowest BCUT2D eigenvalue weighted by atomic mass is 9.82. The molecule has 1 aromatic rings. The van der Waals surface area contributed by atoms with E-state index in [9.17, 15) is 20.0 Å². The van der Waals surface area contributed by atoms with Crippen LogP contribution in [0, 0.1) is 48.9 Å². The lowest BCUT2D eigenvalue weighted by molar-refractivity contribution is -0.146. The van der Waals surface area contributed by atoms with Gasteiger partial charge in [0, 0.05) is 4.88 Å². The maximum Gasteiger partial charge on any atom is 0.307 e. The first-order chi connectivity index (χ1) is 10.4. The van der Waals surface area contributed by atoms with Crippen molar-refractivity contribution in [3.63, 3.8) is 0 Å². The number of aryl methyl sites for hydroxylation is 1. The van der Waals surface area contributed by atoms with Gasteiger partial charge in [-0.15, -0.1) is 11.3 Å². The quantitative estimate of drug-likeness (QED) is 0.839. The van der Waals surface area contributed by atoms with E-state index in [1.54, 1.807) is 0 Å². The second-order valence-corrected chi connectivity index (χ2v) is 7.15. The summed E-state index contributed by atoms with van der Waals surface area (Å²) in [7, 11) is 0. The van der Waals surface area contributed by atoms with Crippen LogP contribution in [0.15, 0.2) is 12.2 Å². The number of rotatable bonds is 3. The largest absolute Gasteiger partial charge is 0.481 e. The Kier molecular flexibility index (Phi) is 3.53. The SMILES string of the molecule is Cc1sc(NC(=O)[C@H]2[C@@H](C(=O)O)[C@H]3C=C[C@@H]2C3)c(C#N)c1C. The minimum Gasteiger partial charge on any atom is -0.481 e. The first-order valence-electron chi connectivity index (χ1n) is 7.16. The molecule has 1 saturated carbocycles. The summed E-state index contributed by atoms with van der Waals surface area (Å²) in [6.45, 7) is 3.75. The molecule has 0 radical (unpaired) electrons. The number of carboxylic acids is 1. The van der Waals surface area contributed by atoms with Gasteiger partial charge in [0.15, 0.2) is 0 Å². The van der Waals surface area contributed by atoms with Crippen LogP contribution in [-0.4, -0.2) is 17.0 Å². The fraction of sp³-hybridized carbons (Fsp3) is 0.438. The molecule has 2 bridgehead atoms. The fourth-order valence-electron chi connectivity index (χ4n) is 3.56. The Morgan fingerprint density at radius 2 is 1.95 bits per heavy atom. The van der Waals surface area contributed by atoms with Gasteiger partial charge in [0.1, 0.15) is 11.1 Å². The lowest BCUT2D eigenvalue weighted by Gasteiger charge is -2.23. The van der Waals surface area contributed by atoms with E-state index in [0.29, 0.717) is 10.6 Å². The van der Waals surface area contributed by atoms with Crippen molar-refractivity contribution in [2.45, 2.75) is 20.3 Å². The highest BCUT2D eigenvalue weighted by Crippen LogP contribution is 2.48. The van der Waals surface area contributed by atoms with Crippen molar-refractivity contribution in [3.8, 4) is 6.07 Å². The van der Waals surface area contributed by atoms with E-state index in [1.807, 2.05) is 26.0 Å². The molecular formula is C16H16N2O3S. The number of nitrogens with one attached hydrogen (secondary N) is 1. The highest BCUT2D eigenvalue weighted by molar-refractivity contribution is 7.16. The van der Waals surface area contributed by atoms with Gasteiger partial charge in [0.25, 0.3) is 0 Å². The van der Waals surface area contributed by atoms with E-state index in [1.165, 1.54) is 11.3 Å². The molecule has 3 rings (SSSR count). The van der Waals surface area contributed by atoms with Crippen LogP contribution >= 0.6 is 11.3 Å². The predicted molar refractivity (Wildman–Crippen MR) is 82.5 cm³/mol. The summed E-state index contributed by atoms with van der Waals surface area (Å²) >= 11 is 1.36. The first kappa shape index (κ1) is 14.8. The van der Waals surface area contributed by atoms with Gasteiger partial charge in [0.2, 0.25) is 5.91 Å². The fourth-order valence-corrected chi connectivity index (χ4v) is 4.57. The number of carboxylic acid groups (broad SMARTS) is 1. The number of hydrogen-bond acceptors (Lipinski definition) is 4. The molecule has 2 aliphatic carbocycles. The highest BCUT2D eigenvalue weighted by Gasteiger charge is 2.51. The van der Waals surface area contributed by atoms with Gasteiger partial charge in [0.05, 0.1) is 17.4 Å². The van der Waals surface area contributed by atoms with Gasteiger partial charge in [-0.1, -0.05) is 12.2 Å². The van der Waals surface area contributed by atoms with Crippen LogP contribution < -0.4 is 5.32 Å². The zero-order chi connectivity index (χ0) is 16.0.